The van der Waals surface area contributed by atoms with Gasteiger partial charge in [-0.2, -0.15) is 0 Å². The van der Waals surface area contributed by atoms with E-state index in [-0.39, 0.29) is 5.91 Å². The number of aromatic nitrogens is 3. The minimum Gasteiger partial charge on any atom is -0.351 e. The van der Waals surface area contributed by atoms with Gasteiger partial charge in [-0.15, -0.1) is 0 Å². The van der Waals surface area contributed by atoms with Crippen LogP contribution in [0.15, 0.2) is 42.7 Å². The summed E-state index contributed by atoms with van der Waals surface area (Å²) in [5.41, 5.74) is 1.71. The number of benzene rings is 1. The molecule has 1 amide bonds. The molecule has 3 heterocycles. The van der Waals surface area contributed by atoms with Crippen molar-refractivity contribution in [2.24, 2.45) is 5.92 Å². The highest BCUT2D eigenvalue weighted by molar-refractivity contribution is 5.98. The van der Waals surface area contributed by atoms with Crippen molar-refractivity contribution in [2.75, 3.05) is 13.1 Å². The van der Waals surface area contributed by atoms with E-state index in [0.717, 1.165) is 55.1 Å². The van der Waals surface area contributed by atoms with E-state index in [1.54, 1.807) is 0 Å². The van der Waals surface area contributed by atoms with E-state index >= 15 is 0 Å². The number of nitrogens with zero attached hydrogens (tertiary/aromatic N) is 3. The standard InChI is InChI=1S/C22H26N4O/c27-22(20-13-17-7-1-2-9-19(17)24-20)26-11-4-8-18(15-26)21-23-10-12-25(21)14-16-5-3-6-16/h1-2,7,9-10,12-13,16,18,24H,3-6,8,11,14-15H2/t18-/m0/s1. The molecule has 1 saturated carbocycles. The largest absolute Gasteiger partial charge is 0.351 e. The summed E-state index contributed by atoms with van der Waals surface area (Å²) in [7, 11) is 0. The average Bonchev–Trinajstić information content (AvgIpc) is 3.30. The number of H-pyrrole nitrogens is 1. The molecule has 1 atom stereocenters. The van der Waals surface area contributed by atoms with E-state index in [1.165, 1.54) is 19.3 Å². The van der Waals surface area contributed by atoms with Gasteiger partial charge in [-0.25, -0.2) is 4.98 Å². The molecule has 5 rings (SSSR count). The van der Waals surface area contributed by atoms with Crippen molar-refractivity contribution in [3.05, 3.63) is 54.2 Å². The highest BCUT2D eigenvalue weighted by Crippen LogP contribution is 2.31. The highest BCUT2D eigenvalue weighted by Gasteiger charge is 2.29. The minimum absolute atomic E-state index is 0.105. The lowest BCUT2D eigenvalue weighted by Crippen LogP contribution is -2.40. The SMILES string of the molecule is O=C(c1cc2ccccc2[nH]1)N1CCC[C@H](c2nccn2CC2CCC2)C1. The number of imidazole rings is 1. The summed E-state index contributed by atoms with van der Waals surface area (Å²) in [6.07, 6.45) is 10.2. The van der Waals surface area contributed by atoms with E-state index < -0.39 is 0 Å². The number of aromatic amines is 1. The first-order valence-corrected chi connectivity index (χ1v) is 10.2. The van der Waals surface area contributed by atoms with Crippen LogP contribution in [0.5, 0.6) is 0 Å². The van der Waals surface area contributed by atoms with Crippen molar-refractivity contribution in [1.29, 1.82) is 0 Å². The second kappa shape index (κ2) is 6.87. The number of fused-ring (bicyclic) bond motifs is 1. The zero-order chi connectivity index (χ0) is 18.2. The molecule has 2 aliphatic rings. The Kier molecular flexibility index (Phi) is 4.23. The van der Waals surface area contributed by atoms with Gasteiger partial charge in [-0.05, 0) is 43.7 Å². The summed E-state index contributed by atoms with van der Waals surface area (Å²) in [5, 5.41) is 1.09. The van der Waals surface area contributed by atoms with E-state index in [1.807, 2.05) is 41.4 Å². The Balaban J connectivity index is 1.33. The summed E-state index contributed by atoms with van der Waals surface area (Å²) < 4.78 is 2.34. The molecule has 140 valence electrons. The van der Waals surface area contributed by atoms with Gasteiger partial charge in [0.25, 0.3) is 5.91 Å². The van der Waals surface area contributed by atoms with Gasteiger partial charge in [-0.1, -0.05) is 24.6 Å². The third kappa shape index (κ3) is 3.15. The van der Waals surface area contributed by atoms with Crippen LogP contribution in [0.2, 0.25) is 0 Å². The molecule has 0 bridgehead atoms. The Morgan fingerprint density at radius 1 is 1.19 bits per heavy atom. The number of carbonyl (C=O) groups is 1. The lowest BCUT2D eigenvalue weighted by Gasteiger charge is -2.33. The first-order chi connectivity index (χ1) is 13.3. The molecule has 1 N–H and O–H groups in total. The maximum Gasteiger partial charge on any atom is 0.270 e. The Morgan fingerprint density at radius 2 is 2.07 bits per heavy atom. The molecule has 2 fully saturated rings. The van der Waals surface area contributed by atoms with E-state index in [2.05, 4.69) is 20.7 Å². The van der Waals surface area contributed by atoms with Gasteiger partial charge < -0.3 is 14.5 Å². The van der Waals surface area contributed by atoms with E-state index in [4.69, 9.17) is 0 Å². The van der Waals surface area contributed by atoms with Gasteiger partial charge in [0.1, 0.15) is 11.5 Å². The van der Waals surface area contributed by atoms with Gasteiger partial charge in [0, 0.05) is 48.8 Å². The van der Waals surface area contributed by atoms with Crippen LogP contribution in [0.1, 0.15) is 54.3 Å². The first-order valence-electron chi connectivity index (χ1n) is 10.2. The van der Waals surface area contributed by atoms with Crippen molar-refractivity contribution < 1.29 is 4.79 Å². The Labute approximate surface area is 159 Å². The van der Waals surface area contributed by atoms with Gasteiger partial charge >= 0.3 is 0 Å². The number of likely N-dealkylation sites (tertiary alicyclic amines) is 1. The zero-order valence-electron chi connectivity index (χ0n) is 15.6. The van der Waals surface area contributed by atoms with Crippen molar-refractivity contribution in [3.63, 3.8) is 0 Å². The quantitative estimate of drug-likeness (QED) is 0.757. The molecule has 1 aliphatic carbocycles. The van der Waals surface area contributed by atoms with Crippen molar-refractivity contribution in [2.45, 2.75) is 44.6 Å². The summed E-state index contributed by atoms with van der Waals surface area (Å²) in [6, 6.07) is 10.0. The average molecular weight is 362 g/mol. The fourth-order valence-corrected chi connectivity index (χ4v) is 4.52. The van der Waals surface area contributed by atoms with E-state index in [0.29, 0.717) is 11.6 Å². The number of para-hydroxylation sites is 1. The lowest BCUT2D eigenvalue weighted by atomic mass is 9.85. The summed E-state index contributed by atoms with van der Waals surface area (Å²) >= 11 is 0. The number of hydrogen-bond donors (Lipinski definition) is 1. The van der Waals surface area contributed by atoms with Crippen molar-refractivity contribution >= 4 is 16.8 Å². The minimum atomic E-state index is 0.105. The van der Waals surface area contributed by atoms with Gasteiger partial charge in [0.2, 0.25) is 0 Å². The zero-order valence-corrected chi connectivity index (χ0v) is 15.6. The molecule has 5 nitrogen and oxygen atoms in total. The summed E-state index contributed by atoms with van der Waals surface area (Å²) in [6.45, 7) is 2.67. The summed E-state index contributed by atoms with van der Waals surface area (Å²) in [4.78, 5) is 23.0. The van der Waals surface area contributed by atoms with Gasteiger partial charge in [0.05, 0.1) is 0 Å². The predicted octanol–water partition coefficient (Wildman–Crippen LogP) is 4.18. The number of amides is 1. The van der Waals surface area contributed by atoms with Crippen LogP contribution < -0.4 is 0 Å². The highest BCUT2D eigenvalue weighted by atomic mass is 16.2. The third-order valence-corrected chi connectivity index (χ3v) is 6.26. The van der Waals surface area contributed by atoms with Crippen LogP contribution in [0.4, 0.5) is 0 Å². The number of nitrogens with one attached hydrogen (secondary N) is 1. The molecule has 27 heavy (non-hydrogen) atoms. The van der Waals surface area contributed by atoms with Crippen LogP contribution in [0.3, 0.4) is 0 Å². The molecular weight excluding hydrogens is 336 g/mol. The molecule has 0 radical (unpaired) electrons. The third-order valence-electron chi connectivity index (χ3n) is 6.26. The van der Waals surface area contributed by atoms with Crippen molar-refractivity contribution in [3.8, 4) is 0 Å². The first kappa shape index (κ1) is 16.6. The predicted molar refractivity (Wildman–Crippen MR) is 106 cm³/mol. The molecular formula is C22H26N4O. The fraction of sp³-hybridized carbons (Fsp3) is 0.455. The number of rotatable bonds is 4. The van der Waals surface area contributed by atoms with Crippen molar-refractivity contribution in [1.82, 2.24) is 19.4 Å². The van der Waals surface area contributed by atoms with Crippen LogP contribution in [-0.2, 0) is 6.54 Å². The second-order valence-corrected chi connectivity index (χ2v) is 8.10. The van der Waals surface area contributed by atoms with Gasteiger partial charge in [-0.3, -0.25) is 4.79 Å². The molecule has 0 spiro atoms. The van der Waals surface area contributed by atoms with Crippen LogP contribution >= 0.6 is 0 Å². The molecule has 1 aliphatic heterocycles. The van der Waals surface area contributed by atoms with Gasteiger partial charge in [0.15, 0.2) is 0 Å². The molecule has 1 saturated heterocycles. The fourth-order valence-electron chi connectivity index (χ4n) is 4.52. The number of carbonyl (C=O) groups excluding carboxylic acids is 1. The number of piperidine rings is 1. The number of hydrogen-bond acceptors (Lipinski definition) is 2. The molecule has 5 heteroatoms. The molecule has 0 unspecified atom stereocenters. The Morgan fingerprint density at radius 3 is 2.89 bits per heavy atom. The molecule has 2 aromatic heterocycles. The normalized spacial score (nSPS) is 20.7. The van der Waals surface area contributed by atoms with Crippen LogP contribution in [0.25, 0.3) is 10.9 Å². The topological polar surface area (TPSA) is 53.9 Å². The van der Waals surface area contributed by atoms with Crippen LogP contribution in [0, 0.1) is 5.92 Å². The second-order valence-electron chi connectivity index (χ2n) is 8.10. The Hall–Kier alpha value is -2.56. The maximum absolute atomic E-state index is 13.1. The molecule has 1 aromatic carbocycles. The maximum atomic E-state index is 13.1. The summed E-state index contributed by atoms with van der Waals surface area (Å²) in [5.74, 6) is 2.41. The monoisotopic (exact) mass is 362 g/mol. The smallest absolute Gasteiger partial charge is 0.270 e. The van der Waals surface area contributed by atoms with Crippen LogP contribution in [-0.4, -0.2) is 38.4 Å². The Bertz CT molecular complexity index is 919. The van der Waals surface area contributed by atoms with E-state index in [9.17, 15) is 4.79 Å². The molecule has 3 aromatic rings. The lowest BCUT2D eigenvalue weighted by molar-refractivity contribution is 0.0697.